The number of nitrogens with two attached hydrogens (primary N) is 2. The van der Waals surface area contributed by atoms with E-state index in [1.54, 1.807) is 4.90 Å². The summed E-state index contributed by atoms with van der Waals surface area (Å²) in [6.07, 6.45) is 3.89. The van der Waals surface area contributed by atoms with Gasteiger partial charge in [-0.1, -0.05) is 12.1 Å². The Bertz CT molecular complexity index is 1200. The molecule has 180 valence electrons. The molecule has 1 aromatic carbocycles. The molecule has 1 saturated heterocycles. The second kappa shape index (κ2) is 9.70. The van der Waals surface area contributed by atoms with Gasteiger partial charge in [-0.3, -0.25) is 4.98 Å². The zero-order valence-electron chi connectivity index (χ0n) is 20.0. The number of benzene rings is 1. The van der Waals surface area contributed by atoms with Crippen molar-refractivity contribution in [1.29, 1.82) is 0 Å². The predicted octanol–water partition coefficient (Wildman–Crippen LogP) is 3.24. The van der Waals surface area contributed by atoms with Crippen molar-refractivity contribution < 1.29 is 14.3 Å². The minimum atomic E-state index is -0.583. The SMILES string of the molecule is CCOC(=O)C(Cc1ccc(N)cc1)n1c(C)nc2c(C)ncc(C3CCN(C(N)=O)CC3)c21. The number of urea groups is 1. The maximum absolute atomic E-state index is 13.2. The lowest BCUT2D eigenvalue weighted by molar-refractivity contribution is -0.147. The summed E-state index contributed by atoms with van der Waals surface area (Å²) >= 11 is 0. The van der Waals surface area contributed by atoms with Crippen molar-refractivity contribution in [3.63, 3.8) is 0 Å². The molecule has 1 fully saturated rings. The van der Waals surface area contributed by atoms with Gasteiger partial charge in [-0.05, 0) is 62.8 Å². The third-order valence-electron chi connectivity index (χ3n) is 6.63. The maximum Gasteiger partial charge on any atom is 0.329 e. The van der Waals surface area contributed by atoms with E-state index < -0.39 is 12.1 Å². The van der Waals surface area contributed by atoms with Crippen LogP contribution in [-0.2, 0) is 16.0 Å². The summed E-state index contributed by atoms with van der Waals surface area (Å²) in [5, 5.41) is 0. The van der Waals surface area contributed by atoms with Gasteiger partial charge in [0.1, 0.15) is 17.4 Å². The molecule has 1 unspecified atom stereocenters. The zero-order valence-corrected chi connectivity index (χ0v) is 20.0. The second-order valence-electron chi connectivity index (χ2n) is 8.84. The van der Waals surface area contributed by atoms with Crippen LogP contribution in [0.1, 0.15) is 54.4 Å². The molecule has 0 radical (unpaired) electrons. The largest absolute Gasteiger partial charge is 0.464 e. The third-order valence-corrected chi connectivity index (χ3v) is 6.63. The Kier molecular flexibility index (Phi) is 6.72. The molecule has 3 aromatic rings. The van der Waals surface area contributed by atoms with Gasteiger partial charge in [0.05, 0.1) is 17.8 Å². The van der Waals surface area contributed by atoms with Crippen LogP contribution in [0.2, 0.25) is 0 Å². The fourth-order valence-corrected chi connectivity index (χ4v) is 4.85. The molecule has 1 atom stereocenters. The van der Waals surface area contributed by atoms with E-state index in [4.69, 9.17) is 21.2 Å². The first-order chi connectivity index (χ1) is 16.3. The summed E-state index contributed by atoms with van der Waals surface area (Å²) in [6, 6.07) is 6.56. The molecule has 0 saturated carbocycles. The van der Waals surface area contributed by atoms with Gasteiger partial charge in [0.2, 0.25) is 0 Å². The van der Waals surface area contributed by atoms with Crippen molar-refractivity contribution in [3.8, 4) is 0 Å². The Balaban J connectivity index is 1.81. The first-order valence-electron chi connectivity index (χ1n) is 11.7. The molecular weight excluding hydrogens is 432 g/mol. The van der Waals surface area contributed by atoms with Crippen molar-refractivity contribution in [2.45, 2.75) is 52.0 Å². The van der Waals surface area contributed by atoms with Crippen molar-refractivity contribution >= 4 is 28.7 Å². The van der Waals surface area contributed by atoms with Crippen LogP contribution < -0.4 is 11.5 Å². The molecule has 0 aliphatic carbocycles. The van der Waals surface area contributed by atoms with E-state index in [2.05, 4.69) is 4.98 Å². The van der Waals surface area contributed by atoms with E-state index in [9.17, 15) is 9.59 Å². The highest BCUT2D eigenvalue weighted by atomic mass is 16.5. The number of carbonyl (C=O) groups excluding carboxylic acids is 2. The molecule has 4 rings (SSSR count). The summed E-state index contributed by atoms with van der Waals surface area (Å²) in [4.78, 5) is 35.9. The lowest BCUT2D eigenvalue weighted by Crippen LogP contribution is -2.41. The summed E-state index contributed by atoms with van der Waals surface area (Å²) in [5.41, 5.74) is 16.5. The van der Waals surface area contributed by atoms with E-state index in [-0.39, 0.29) is 11.9 Å². The first-order valence-corrected chi connectivity index (χ1v) is 11.7. The van der Waals surface area contributed by atoms with Gasteiger partial charge in [0.25, 0.3) is 0 Å². The van der Waals surface area contributed by atoms with Gasteiger partial charge in [-0.25, -0.2) is 14.6 Å². The smallest absolute Gasteiger partial charge is 0.329 e. The average Bonchev–Trinajstić information content (AvgIpc) is 3.16. The fraction of sp³-hybridized carbons (Fsp3) is 0.440. The van der Waals surface area contributed by atoms with Gasteiger partial charge in [0.15, 0.2) is 0 Å². The summed E-state index contributed by atoms with van der Waals surface area (Å²) in [5.74, 6) is 0.613. The number of aromatic nitrogens is 3. The van der Waals surface area contributed by atoms with Gasteiger partial charge < -0.3 is 25.7 Å². The molecule has 2 amide bonds. The number of piperidine rings is 1. The van der Waals surface area contributed by atoms with Gasteiger partial charge in [-0.2, -0.15) is 0 Å². The van der Waals surface area contributed by atoms with Crippen molar-refractivity contribution in [2.75, 3.05) is 25.4 Å². The Hall–Kier alpha value is -3.62. The molecule has 3 heterocycles. The van der Waals surface area contributed by atoms with Crippen LogP contribution >= 0.6 is 0 Å². The summed E-state index contributed by atoms with van der Waals surface area (Å²) < 4.78 is 7.51. The van der Waals surface area contributed by atoms with E-state index in [1.807, 2.05) is 55.8 Å². The molecule has 9 nitrogen and oxygen atoms in total. The number of carbonyl (C=O) groups is 2. The van der Waals surface area contributed by atoms with E-state index in [1.165, 1.54) is 0 Å². The van der Waals surface area contributed by atoms with Crippen LogP contribution in [0, 0.1) is 13.8 Å². The number of pyridine rings is 1. The molecular formula is C25H32N6O3. The van der Waals surface area contributed by atoms with Gasteiger partial charge in [0, 0.05) is 31.4 Å². The number of amides is 2. The number of imidazole rings is 1. The minimum absolute atomic E-state index is 0.181. The quantitative estimate of drug-likeness (QED) is 0.426. The van der Waals surface area contributed by atoms with Gasteiger partial charge >= 0.3 is 12.0 Å². The number of fused-ring (bicyclic) bond motifs is 1. The summed E-state index contributed by atoms with van der Waals surface area (Å²) in [7, 11) is 0. The zero-order chi connectivity index (χ0) is 24.4. The first kappa shape index (κ1) is 23.5. The van der Waals surface area contributed by atoms with E-state index >= 15 is 0 Å². The summed E-state index contributed by atoms with van der Waals surface area (Å²) in [6.45, 7) is 7.13. The Morgan fingerprint density at radius 2 is 1.85 bits per heavy atom. The second-order valence-corrected chi connectivity index (χ2v) is 8.84. The maximum atomic E-state index is 13.2. The van der Waals surface area contributed by atoms with Crippen molar-refractivity contribution in [2.24, 2.45) is 5.73 Å². The number of primary amides is 1. The molecule has 1 aliphatic rings. The van der Waals surface area contributed by atoms with Crippen LogP contribution in [-0.4, -0.2) is 51.1 Å². The molecule has 1 aliphatic heterocycles. The molecule has 9 heteroatoms. The van der Waals surface area contributed by atoms with Gasteiger partial charge in [-0.15, -0.1) is 0 Å². The molecule has 4 N–H and O–H groups in total. The van der Waals surface area contributed by atoms with E-state index in [0.717, 1.165) is 46.5 Å². The average molecular weight is 465 g/mol. The number of esters is 1. The number of hydrogen-bond acceptors (Lipinski definition) is 6. The number of aryl methyl sites for hydroxylation is 2. The van der Waals surface area contributed by atoms with Crippen LogP contribution in [0.15, 0.2) is 30.5 Å². The lowest BCUT2D eigenvalue weighted by Gasteiger charge is -2.31. The van der Waals surface area contributed by atoms with Crippen LogP contribution in [0.3, 0.4) is 0 Å². The minimum Gasteiger partial charge on any atom is -0.464 e. The Labute approximate surface area is 199 Å². The lowest BCUT2D eigenvalue weighted by atomic mass is 9.89. The fourth-order valence-electron chi connectivity index (χ4n) is 4.85. The van der Waals surface area contributed by atoms with Crippen LogP contribution in [0.5, 0.6) is 0 Å². The molecule has 34 heavy (non-hydrogen) atoms. The number of likely N-dealkylation sites (tertiary alicyclic amines) is 1. The predicted molar refractivity (Wildman–Crippen MR) is 130 cm³/mol. The monoisotopic (exact) mass is 464 g/mol. The number of rotatable bonds is 6. The number of anilines is 1. The number of nitrogens with zero attached hydrogens (tertiary/aromatic N) is 4. The normalized spacial score (nSPS) is 15.4. The van der Waals surface area contributed by atoms with Crippen molar-refractivity contribution in [1.82, 2.24) is 19.4 Å². The van der Waals surface area contributed by atoms with Crippen LogP contribution in [0.25, 0.3) is 11.0 Å². The highest BCUT2D eigenvalue weighted by molar-refractivity contribution is 5.85. The number of nitrogen functional groups attached to an aromatic ring is 1. The van der Waals surface area contributed by atoms with E-state index in [0.29, 0.717) is 31.8 Å². The Morgan fingerprint density at radius 3 is 2.47 bits per heavy atom. The standard InChI is InChI=1S/C25H32N6O3/c1-4-34-24(32)21(13-17-5-7-19(26)8-6-17)31-16(3)29-22-15(2)28-14-20(23(22)31)18-9-11-30(12-10-18)25(27)33/h5-8,14,18,21H,4,9-13,26H2,1-3H3,(H2,27,33). The highest BCUT2D eigenvalue weighted by Gasteiger charge is 2.31. The molecule has 2 aromatic heterocycles. The number of ether oxygens (including phenoxy) is 1. The molecule has 0 bridgehead atoms. The topological polar surface area (TPSA) is 129 Å². The van der Waals surface area contributed by atoms with Crippen LogP contribution in [0.4, 0.5) is 10.5 Å². The third kappa shape index (κ3) is 4.55. The number of hydrogen-bond donors (Lipinski definition) is 2. The Morgan fingerprint density at radius 1 is 1.18 bits per heavy atom. The van der Waals surface area contributed by atoms with Crippen molar-refractivity contribution in [3.05, 3.63) is 53.1 Å². The molecule has 0 spiro atoms. The highest BCUT2D eigenvalue weighted by Crippen LogP contribution is 2.36.